The highest BCUT2D eigenvalue weighted by Crippen LogP contribution is 2.10. The van der Waals surface area contributed by atoms with Crippen molar-refractivity contribution in [2.75, 3.05) is 0 Å². The summed E-state index contributed by atoms with van der Waals surface area (Å²) in [6.07, 6.45) is 1.40. The number of hydrogen-bond acceptors (Lipinski definition) is 3. The molecule has 3 heteroatoms. The average molecular weight is 188 g/mol. The van der Waals surface area contributed by atoms with Crippen LogP contribution in [0, 0.1) is 0 Å². The van der Waals surface area contributed by atoms with Gasteiger partial charge in [0.2, 0.25) is 0 Å². The maximum Gasteiger partial charge on any atom is 0.306 e. The molecule has 0 saturated heterocycles. The molecule has 0 radical (unpaired) electrons. The van der Waals surface area contributed by atoms with E-state index in [4.69, 9.17) is 9.84 Å². The van der Waals surface area contributed by atoms with Crippen molar-refractivity contribution >= 4 is 5.97 Å². The molecule has 0 amide bonds. The van der Waals surface area contributed by atoms with E-state index < -0.39 is 5.60 Å². The molecule has 3 nitrogen and oxygen atoms in total. The lowest BCUT2D eigenvalue weighted by molar-refractivity contribution is -0.155. The van der Waals surface area contributed by atoms with E-state index in [-0.39, 0.29) is 12.1 Å². The Hall–Kier alpha value is -0.570. The first-order valence-electron chi connectivity index (χ1n) is 4.71. The van der Waals surface area contributed by atoms with E-state index >= 15 is 0 Å². The van der Waals surface area contributed by atoms with Gasteiger partial charge in [-0.3, -0.25) is 4.79 Å². The summed E-state index contributed by atoms with van der Waals surface area (Å²) in [4.78, 5) is 11.1. The van der Waals surface area contributed by atoms with Crippen LogP contribution >= 0.6 is 0 Å². The Labute approximate surface area is 80.1 Å². The lowest BCUT2D eigenvalue weighted by Crippen LogP contribution is -2.23. The van der Waals surface area contributed by atoms with E-state index in [1.807, 2.05) is 20.8 Å². The molecule has 0 aliphatic carbocycles. The minimum Gasteiger partial charge on any atom is -0.460 e. The van der Waals surface area contributed by atoms with Crippen LogP contribution in [0.4, 0.5) is 0 Å². The normalized spacial score (nSPS) is 13.9. The quantitative estimate of drug-likeness (QED) is 0.685. The van der Waals surface area contributed by atoms with Gasteiger partial charge in [0, 0.05) is 6.42 Å². The van der Waals surface area contributed by atoms with Crippen LogP contribution in [0.3, 0.4) is 0 Å². The Morgan fingerprint density at radius 2 is 2.00 bits per heavy atom. The Morgan fingerprint density at radius 1 is 1.46 bits per heavy atom. The molecule has 1 atom stereocenters. The fraction of sp³-hybridized carbons (Fsp3) is 0.900. The predicted molar refractivity (Wildman–Crippen MR) is 51.4 cm³/mol. The average Bonchev–Trinajstić information content (AvgIpc) is 1.81. The minimum atomic E-state index is -0.401. The van der Waals surface area contributed by atoms with Gasteiger partial charge in [0.05, 0.1) is 6.10 Å². The van der Waals surface area contributed by atoms with Crippen LogP contribution in [-0.2, 0) is 9.53 Å². The molecule has 0 aromatic rings. The van der Waals surface area contributed by atoms with E-state index in [9.17, 15) is 4.79 Å². The molecule has 0 bridgehead atoms. The van der Waals surface area contributed by atoms with Gasteiger partial charge in [-0.2, -0.15) is 0 Å². The Bertz CT molecular complexity index is 156. The fourth-order valence-electron chi connectivity index (χ4n) is 0.934. The van der Waals surface area contributed by atoms with E-state index in [0.717, 1.165) is 0 Å². The zero-order valence-electron chi connectivity index (χ0n) is 8.96. The Kier molecular flexibility index (Phi) is 4.99. The molecule has 78 valence electrons. The molecular formula is C10H20O3. The number of ether oxygens (including phenoxy) is 1. The smallest absolute Gasteiger partial charge is 0.306 e. The minimum absolute atomic E-state index is 0.187. The monoisotopic (exact) mass is 188 g/mol. The number of rotatable bonds is 4. The van der Waals surface area contributed by atoms with Crippen molar-refractivity contribution in [3.63, 3.8) is 0 Å². The summed E-state index contributed by atoms with van der Waals surface area (Å²) in [7, 11) is 0. The first-order chi connectivity index (χ1) is 5.81. The number of carbonyl (C=O) groups excluding carboxylic acids is 1. The highest BCUT2D eigenvalue weighted by molar-refractivity contribution is 5.69. The SMILES string of the molecule is CC(O)CCCC(=O)OC(C)(C)C. The summed E-state index contributed by atoms with van der Waals surface area (Å²) in [5.74, 6) is -0.187. The molecule has 1 N–H and O–H groups in total. The molecule has 0 aromatic heterocycles. The topological polar surface area (TPSA) is 46.5 Å². The number of aliphatic hydroxyl groups is 1. The highest BCUT2D eigenvalue weighted by Gasteiger charge is 2.15. The summed E-state index contributed by atoms with van der Waals surface area (Å²) >= 11 is 0. The van der Waals surface area contributed by atoms with Gasteiger partial charge in [0.1, 0.15) is 5.60 Å². The summed E-state index contributed by atoms with van der Waals surface area (Å²) < 4.78 is 5.10. The van der Waals surface area contributed by atoms with Crippen molar-refractivity contribution in [2.24, 2.45) is 0 Å². The molecule has 0 heterocycles. The largest absolute Gasteiger partial charge is 0.460 e. The van der Waals surface area contributed by atoms with Gasteiger partial charge in [-0.25, -0.2) is 0 Å². The van der Waals surface area contributed by atoms with Gasteiger partial charge in [0.25, 0.3) is 0 Å². The third-order valence-electron chi connectivity index (χ3n) is 1.42. The third-order valence-corrected chi connectivity index (χ3v) is 1.42. The van der Waals surface area contributed by atoms with E-state index in [0.29, 0.717) is 19.3 Å². The molecule has 0 aliphatic heterocycles. The van der Waals surface area contributed by atoms with Crippen molar-refractivity contribution < 1.29 is 14.6 Å². The number of carbonyl (C=O) groups is 1. The van der Waals surface area contributed by atoms with Crippen LogP contribution < -0.4 is 0 Å². The van der Waals surface area contributed by atoms with Crippen molar-refractivity contribution in [3.8, 4) is 0 Å². The summed E-state index contributed by atoms with van der Waals surface area (Å²) in [5, 5.41) is 8.95. The summed E-state index contributed by atoms with van der Waals surface area (Å²) in [6.45, 7) is 7.26. The number of esters is 1. The zero-order valence-corrected chi connectivity index (χ0v) is 8.96. The number of hydrogen-bond donors (Lipinski definition) is 1. The van der Waals surface area contributed by atoms with Crippen LogP contribution in [0.1, 0.15) is 47.0 Å². The lowest BCUT2D eigenvalue weighted by atomic mass is 10.1. The van der Waals surface area contributed by atoms with Crippen LogP contribution in [0.25, 0.3) is 0 Å². The molecule has 0 aliphatic rings. The van der Waals surface area contributed by atoms with Gasteiger partial charge in [-0.15, -0.1) is 0 Å². The van der Waals surface area contributed by atoms with Gasteiger partial charge < -0.3 is 9.84 Å². The van der Waals surface area contributed by atoms with Crippen molar-refractivity contribution in [2.45, 2.75) is 58.7 Å². The van der Waals surface area contributed by atoms with E-state index in [1.54, 1.807) is 6.92 Å². The van der Waals surface area contributed by atoms with Crippen LogP contribution in [0.2, 0.25) is 0 Å². The van der Waals surface area contributed by atoms with Gasteiger partial charge in [0.15, 0.2) is 0 Å². The van der Waals surface area contributed by atoms with Crippen molar-refractivity contribution in [1.29, 1.82) is 0 Å². The summed E-state index contributed by atoms with van der Waals surface area (Å²) in [6, 6.07) is 0. The fourth-order valence-corrected chi connectivity index (χ4v) is 0.934. The van der Waals surface area contributed by atoms with Crippen LogP contribution in [0.15, 0.2) is 0 Å². The molecule has 1 unspecified atom stereocenters. The van der Waals surface area contributed by atoms with Crippen LogP contribution in [0.5, 0.6) is 0 Å². The van der Waals surface area contributed by atoms with E-state index in [1.165, 1.54) is 0 Å². The molecule has 0 fully saturated rings. The Balaban J connectivity index is 3.53. The lowest BCUT2D eigenvalue weighted by Gasteiger charge is -2.19. The van der Waals surface area contributed by atoms with Gasteiger partial charge >= 0.3 is 5.97 Å². The molecule has 0 rings (SSSR count). The molecule has 0 aromatic carbocycles. The third kappa shape index (κ3) is 9.34. The maximum atomic E-state index is 11.1. The second-order valence-electron chi connectivity index (χ2n) is 4.33. The standard InChI is InChI=1S/C10H20O3/c1-8(11)6-5-7-9(12)13-10(2,3)4/h8,11H,5-7H2,1-4H3. The van der Waals surface area contributed by atoms with Gasteiger partial charge in [-0.1, -0.05) is 0 Å². The first-order valence-corrected chi connectivity index (χ1v) is 4.71. The van der Waals surface area contributed by atoms with E-state index in [2.05, 4.69) is 0 Å². The second kappa shape index (κ2) is 5.22. The van der Waals surface area contributed by atoms with Crippen molar-refractivity contribution in [3.05, 3.63) is 0 Å². The number of aliphatic hydroxyl groups excluding tert-OH is 1. The van der Waals surface area contributed by atoms with Crippen LogP contribution in [-0.4, -0.2) is 22.8 Å². The van der Waals surface area contributed by atoms with Crippen molar-refractivity contribution in [1.82, 2.24) is 0 Å². The predicted octanol–water partition coefficient (Wildman–Crippen LogP) is 1.88. The Morgan fingerprint density at radius 3 is 2.38 bits per heavy atom. The molecule has 0 spiro atoms. The first kappa shape index (κ1) is 12.4. The second-order valence-corrected chi connectivity index (χ2v) is 4.33. The molecular weight excluding hydrogens is 168 g/mol. The molecule has 0 saturated carbocycles. The highest BCUT2D eigenvalue weighted by atomic mass is 16.6. The van der Waals surface area contributed by atoms with Gasteiger partial charge in [-0.05, 0) is 40.5 Å². The maximum absolute atomic E-state index is 11.1. The molecule has 13 heavy (non-hydrogen) atoms. The zero-order chi connectivity index (χ0) is 10.5. The summed E-state index contributed by atoms with van der Waals surface area (Å²) in [5.41, 5.74) is -0.401.